The van der Waals surface area contributed by atoms with Gasteiger partial charge in [0.1, 0.15) is 12.6 Å². The number of fused-ring (bicyclic) bond motifs is 1. The van der Waals surface area contributed by atoms with Gasteiger partial charge in [-0.3, -0.25) is 9.59 Å². The number of hydrogen-bond acceptors (Lipinski definition) is 4. The molecule has 0 bridgehead atoms. The number of ether oxygens (including phenoxy) is 1. The first kappa shape index (κ1) is 21.1. The molecular formula is C21H30N4O4. The van der Waals surface area contributed by atoms with Crippen LogP contribution in [0.5, 0.6) is 0 Å². The summed E-state index contributed by atoms with van der Waals surface area (Å²) < 4.78 is 5.13. The molecule has 158 valence electrons. The topological polar surface area (TPSA) is 82.2 Å². The average molecular weight is 402 g/mol. The number of carbonyl (C=O) groups is 3. The van der Waals surface area contributed by atoms with Crippen LogP contribution in [0.4, 0.5) is 10.5 Å². The summed E-state index contributed by atoms with van der Waals surface area (Å²) in [5, 5.41) is 2.81. The van der Waals surface area contributed by atoms with Gasteiger partial charge in [-0.2, -0.15) is 0 Å². The summed E-state index contributed by atoms with van der Waals surface area (Å²) >= 11 is 0. The first-order valence-corrected chi connectivity index (χ1v) is 10.1. The Morgan fingerprint density at radius 2 is 1.86 bits per heavy atom. The molecule has 0 aromatic heterocycles. The number of piperazine rings is 1. The van der Waals surface area contributed by atoms with Gasteiger partial charge in [0.05, 0.1) is 12.6 Å². The van der Waals surface area contributed by atoms with E-state index in [-0.39, 0.29) is 36.3 Å². The average Bonchev–Trinajstić information content (AvgIpc) is 2.98. The first-order valence-electron chi connectivity index (χ1n) is 10.1. The molecule has 2 atom stereocenters. The van der Waals surface area contributed by atoms with Crippen molar-refractivity contribution < 1.29 is 19.1 Å². The number of anilines is 1. The lowest BCUT2D eigenvalue weighted by Crippen LogP contribution is -2.61. The Morgan fingerprint density at radius 1 is 1.17 bits per heavy atom. The maximum atomic E-state index is 13.1. The standard InChI is InChI=1S/C21H30N4O4/c1-15(2)11-18-20(27)23(9-10-29-3)12-17-13-24(21(28)25(17)18)14-19(26)22-16-7-5-4-6-8-16/h4-8,15,17-18H,9-14H2,1-3H3,(H,22,26)/t17-,18+/m1/s1. The lowest BCUT2D eigenvalue weighted by Gasteiger charge is -2.42. The number of methoxy groups -OCH3 is 1. The lowest BCUT2D eigenvalue weighted by molar-refractivity contribution is -0.143. The SMILES string of the molecule is COCCN1C[C@@H]2CN(CC(=O)Nc3ccccc3)C(=O)N2[C@@H](CC(C)C)C1=O. The lowest BCUT2D eigenvalue weighted by atomic mass is 9.97. The van der Waals surface area contributed by atoms with Crippen LogP contribution in [-0.4, -0.2) is 84.5 Å². The van der Waals surface area contributed by atoms with Crippen molar-refractivity contribution >= 4 is 23.5 Å². The van der Waals surface area contributed by atoms with Crippen LogP contribution in [0.1, 0.15) is 20.3 Å². The summed E-state index contributed by atoms with van der Waals surface area (Å²) in [6.45, 7) is 5.94. The Balaban J connectivity index is 1.70. The molecule has 1 aromatic rings. The molecule has 8 nitrogen and oxygen atoms in total. The van der Waals surface area contributed by atoms with E-state index in [2.05, 4.69) is 5.32 Å². The van der Waals surface area contributed by atoms with Crippen LogP contribution in [0.15, 0.2) is 30.3 Å². The fourth-order valence-corrected chi connectivity index (χ4v) is 4.04. The van der Waals surface area contributed by atoms with E-state index in [4.69, 9.17) is 4.74 Å². The summed E-state index contributed by atoms with van der Waals surface area (Å²) in [7, 11) is 1.61. The van der Waals surface area contributed by atoms with Gasteiger partial charge in [-0.1, -0.05) is 32.0 Å². The summed E-state index contributed by atoms with van der Waals surface area (Å²) in [4.78, 5) is 43.5. The van der Waals surface area contributed by atoms with Crippen molar-refractivity contribution in [2.24, 2.45) is 5.92 Å². The Morgan fingerprint density at radius 3 is 2.52 bits per heavy atom. The van der Waals surface area contributed by atoms with Crippen LogP contribution in [0.25, 0.3) is 0 Å². The maximum absolute atomic E-state index is 13.1. The molecular weight excluding hydrogens is 372 g/mol. The molecule has 2 fully saturated rings. The Hall–Kier alpha value is -2.61. The summed E-state index contributed by atoms with van der Waals surface area (Å²) in [5.74, 6) is -0.00138. The Bertz CT molecular complexity index is 739. The quantitative estimate of drug-likeness (QED) is 0.717. The molecule has 2 heterocycles. The zero-order chi connectivity index (χ0) is 21.0. The maximum Gasteiger partial charge on any atom is 0.321 e. The third-order valence-electron chi connectivity index (χ3n) is 5.33. The van der Waals surface area contributed by atoms with Gasteiger partial charge in [0.15, 0.2) is 0 Å². The Labute approximate surface area is 171 Å². The highest BCUT2D eigenvalue weighted by atomic mass is 16.5. The van der Waals surface area contributed by atoms with Crippen molar-refractivity contribution in [1.29, 1.82) is 0 Å². The number of para-hydroxylation sites is 1. The van der Waals surface area contributed by atoms with Gasteiger partial charge < -0.3 is 24.8 Å². The second-order valence-electron chi connectivity index (χ2n) is 8.06. The predicted octanol–water partition coefficient (Wildman–Crippen LogP) is 1.63. The number of urea groups is 1. The van der Waals surface area contributed by atoms with Crippen LogP contribution < -0.4 is 5.32 Å². The molecule has 0 spiro atoms. The van der Waals surface area contributed by atoms with Gasteiger partial charge in [-0.25, -0.2) is 4.79 Å². The van der Waals surface area contributed by atoms with Gasteiger partial charge in [-0.15, -0.1) is 0 Å². The third kappa shape index (κ3) is 4.87. The minimum atomic E-state index is -0.486. The van der Waals surface area contributed by atoms with Crippen LogP contribution in [0.2, 0.25) is 0 Å². The van der Waals surface area contributed by atoms with Crippen LogP contribution >= 0.6 is 0 Å². The zero-order valence-electron chi connectivity index (χ0n) is 17.3. The molecule has 3 rings (SSSR count). The van der Waals surface area contributed by atoms with Gasteiger partial charge in [0, 0.05) is 32.4 Å². The Kier molecular flexibility index (Phi) is 6.74. The minimum Gasteiger partial charge on any atom is -0.383 e. The van der Waals surface area contributed by atoms with Crippen molar-refractivity contribution in [3.8, 4) is 0 Å². The molecule has 1 N–H and O–H groups in total. The van der Waals surface area contributed by atoms with Crippen LogP contribution in [0, 0.1) is 5.92 Å². The van der Waals surface area contributed by atoms with E-state index in [0.717, 1.165) is 0 Å². The van der Waals surface area contributed by atoms with Crippen molar-refractivity contribution in [2.45, 2.75) is 32.4 Å². The molecule has 0 unspecified atom stereocenters. The molecule has 8 heteroatoms. The number of nitrogens with zero attached hydrogens (tertiary/aromatic N) is 3. The molecule has 0 radical (unpaired) electrons. The minimum absolute atomic E-state index is 0.0264. The van der Waals surface area contributed by atoms with Crippen molar-refractivity contribution in [1.82, 2.24) is 14.7 Å². The van der Waals surface area contributed by atoms with Crippen molar-refractivity contribution in [3.63, 3.8) is 0 Å². The van der Waals surface area contributed by atoms with Crippen LogP contribution in [-0.2, 0) is 14.3 Å². The van der Waals surface area contributed by atoms with E-state index in [9.17, 15) is 14.4 Å². The normalized spacial score (nSPS) is 21.7. The van der Waals surface area contributed by atoms with Crippen molar-refractivity contribution in [2.75, 3.05) is 45.2 Å². The van der Waals surface area contributed by atoms with Gasteiger partial charge in [-0.05, 0) is 24.5 Å². The number of nitrogens with one attached hydrogen (secondary N) is 1. The monoisotopic (exact) mass is 402 g/mol. The molecule has 1 aromatic carbocycles. The first-order chi connectivity index (χ1) is 13.9. The highest BCUT2D eigenvalue weighted by Gasteiger charge is 2.49. The van der Waals surface area contributed by atoms with E-state index in [0.29, 0.717) is 38.3 Å². The van der Waals surface area contributed by atoms with E-state index in [1.165, 1.54) is 0 Å². The van der Waals surface area contributed by atoms with E-state index < -0.39 is 6.04 Å². The second kappa shape index (κ2) is 9.26. The summed E-state index contributed by atoms with van der Waals surface area (Å²) in [6.07, 6.45) is 0.606. The molecule has 2 aliphatic rings. The fourth-order valence-electron chi connectivity index (χ4n) is 4.04. The molecule has 2 aliphatic heterocycles. The number of amides is 4. The highest BCUT2D eigenvalue weighted by Crippen LogP contribution is 2.29. The molecule has 4 amide bonds. The van der Waals surface area contributed by atoms with E-state index in [1.807, 2.05) is 32.0 Å². The van der Waals surface area contributed by atoms with E-state index >= 15 is 0 Å². The molecule has 0 aliphatic carbocycles. The number of rotatable bonds is 8. The summed E-state index contributed by atoms with van der Waals surface area (Å²) in [6, 6.07) is 8.34. The summed E-state index contributed by atoms with van der Waals surface area (Å²) in [5.41, 5.74) is 0.695. The number of carbonyl (C=O) groups excluding carboxylic acids is 3. The highest BCUT2D eigenvalue weighted by molar-refractivity contribution is 5.96. The predicted molar refractivity (Wildman–Crippen MR) is 109 cm³/mol. The van der Waals surface area contributed by atoms with Gasteiger partial charge in [0.2, 0.25) is 11.8 Å². The second-order valence-corrected chi connectivity index (χ2v) is 8.06. The number of benzene rings is 1. The molecule has 0 saturated carbocycles. The van der Waals surface area contributed by atoms with Crippen molar-refractivity contribution in [3.05, 3.63) is 30.3 Å². The van der Waals surface area contributed by atoms with Crippen LogP contribution in [0.3, 0.4) is 0 Å². The zero-order valence-corrected chi connectivity index (χ0v) is 17.3. The molecule has 2 saturated heterocycles. The number of hydrogen-bond donors (Lipinski definition) is 1. The third-order valence-corrected chi connectivity index (χ3v) is 5.33. The van der Waals surface area contributed by atoms with Gasteiger partial charge >= 0.3 is 6.03 Å². The van der Waals surface area contributed by atoms with E-state index in [1.54, 1.807) is 33.9 Å². The smallest absolute Gasteiger partial charge is 0.321 e. The molecule has 29 heavy (non-hydrogen) atoms. The largest absolute Gasteiger partial charge is 0.383 e. The van der Waals surface area contributed by atoms with Gasteiger partial charge in [0.25, 0.3) is 0 Å². The fraction of sp³-hybridized carbons (Fsp3) is 0.571.